The monoisotopic (exact) mass is 471 g/mol. The summed E-state index contributed by atoms with van der Waals surface area (Å²) in [5.74, 6) is -1.40. The number of nitrogens with one attached hydrogen (secondary N) is 1. The summed E-state index contributed by atoms with van der Waals surface area (Å²) in [6.45, 7) is 5.64. The first kappa shape index (κ1) is 22.5. The van der Waals surface area contributed by atoms with Crippen LogP contribution in [-0.2, 0) is 26.3 Å². The van der Waals surface area contributed by atoms with Crippen LogP contribution in [0.3, 0.4) is 0 Å². The third-order valence-electron chi connectivity index (χ3n) is 6.58. The minimum Gasteiger partial charge on any atom is -0.462 e. The van der Waals surface area contributed by atoms with E-state index in [9.17, 15) is 14.4 Å². The number of esters is 1. The van der Waals surface area contributed by atoms with Gasteiger partial charge < -0.3 is 25.1 Å². The van der Waals surface area contributed by atoms with Crippen LogP contribution < -0.4 is 20.9 Å². The van der Waals surface area contributed by atoms with Gasteiger partial charge in [-0.1, -0.05) is 42.5 Å². The number of carbonyl (C=O) groups is 2. The lowest BCUT2D eigenvalue weighted by atomic mass is 9.68. The molecule has 5 rings (SSSR count). The van der Waals surface area contributed by atoms with Crippen LogP contribution >= 0.6 is 0 Å². The van der Waals surface area contributed by atoms with Crippen molar-refractivity contribution in [1.82, 2.24) is 4.98 Å². The second kappa shape index (κ2) is 8.16. The largest absolute Gasteiger partial charge is 0.462 e. The van der Waals surface area contributed by atoms with Crippen LogP contribution in [0, 0.1) is 13.8 Å². The number of nitrogens with zero attached hydrogens (tertiary/aromatic N) is 1. The molecule has 1 atom stereocenters. The van der Waals surface area contributed by atoms with Gasteiger partial charge in [-0.3, -0.25) is 9.59 Å². The van der Waals surface area contributed by atoms with Gasteiger partial charge in [-0.25, -0.2) is 4.79 Å². The van der Waals surface area contributed by atoms with E-state index in [-0.39, 0.29) is 35.9 Å². The van der Waals surface area contributed by atoms with Crippen molar-refractivity contribution in [2.45, 2.75) is 32.7 Å². The summed E-state index contributed by atoms with van der Waals surface area (Å²) in [6.07, 6.45) is 0. The molecule has 3 heterocycles. The summed E-state index contributed by atoms with van der Waals surface area (Å²) in [7, 11) is 0. The Morgan fingerprint density at radius 3 is 2.57 bits per heavy atom. The fourth-order valence-electron chi connectivity index (χ4n) is 5.08. The van der Waals surface area contributed by atoms with E-state index >= 15 is 0 Å². The van der Waals surface area contributed by atoms with Gasteiger partial charge in [-0.15, -0.1) is 0 Å². The van der Waals surface area contributed by atoms with Gasteiger partial charge in [0.05, 0.1) is 18.7 Å². The molecule has 0 bridgehead atoms. The number of hydrogen-bond acceptors (Lipinski definition) is 6. The van der Waals surface area contributed by atoms with E-state index in [1.54, 1.807) is 43.0 Å². The molecule has 0 saturated carbocycles. The minimum absolute atomic E-state index is 0.0186. The Kier molecular flexibility index (Phi) is 5.24. The van der Waals surface area contributed by atoms with E-state index < -0.39 is 22.9 Å². The number of aromatic nitrogens is 1. The molecule has 1 aromatic heterocycles. The number of carbonyl (C=O) groups excluding carboxylic acids is 2. The molecular weight excluding hydrogens is 446 g/mol. The van der Waals surface area contributed by atoms with Crippen molar-refractivity contribution in [3.8, 4) is 5.75 Å². The van der Waals surface area contributed by atoms with Crippen molar-refractivity contribution in [3.63, 3.8) is 0 Å². The van der Waals surface area contributed by atoms with Crippen LogP contribution in [-0.4, -0.2) is 23.5 Å². The molecule has 8 nitrogen and oxygen atoms in total. The van der Waals surface area contributed by atoms with E-state index in [1.807, 2.05) is 37.3 Å². The Hall–Kier alpha value is -4.33. The first-order chi connectivity index (χ1) is 16.8. The van der Waals surface area contributed by atoms with Crippen LogP contribution in [0.2, 0.25) is 0 Å². The molecule has 3 aromatic rings. The Balaban J connectivity index is 1.84. The highest BCUT2D eigenvalue weighted by atomic mass is 16.5. The van der Waals surface area contributed by atoms with Gasteiger partial charge >= 0.3 is 5.97 Å². The zero-order valence-electron chi connectivity index (χ0n) is 19.7. The smallest absolute Gasteiger partial charge is 0.341 e. The van der Waals surface area contributed by atoms with Crippen molar-refractivity contribution in [1.29, 1.82) is 0 Å². The third kappa shape index (κ3) is 3.17. The highest BCUT2D eigenvalue weighted by Crippen LogP contribution is 2.54. The van der Waals surface area contributed by atoms with Crippen LogP contribution in [0.25, 0.3) is 0 Å². The second-order valence-electron chi connectivity index (χ2n) is 8.67. The van der Waals surface area contributed by atoms with Crippen molar-refractivity contribution in [3.05, 3.63) is 104 Å². The van der Waals surface area contributed by atoms with Crippen LogP contribution in [0.15, 0.2) is 70.8 Å². The fraction of sp³-hybridized carbons (Fsp3) is 0.222. The first-order valence-electron chi connectivity index (χ1n) is 11.4. The van der Waals surface area contributed by atoms with Gasteiger partial charge in [0.2, 0.25) is 11.8 Å². The summed E-state index contributed by atoms with van der Waals surface area (Å²) < 4.78 is 11.1. The van der Waals surface area contributed by atoms with Gasteiger partial charge in [-0.05, 0) is 38.0 Å². The molecule has 0 aliphatic carbocycles. The van der Waals surface area contributed by atoms with Crippen molar-refractivity contribution >= 4 is 17.6 Å². The van der Waals surface area contributed by atoms with Gasteiger partial charge in [0.1, 0.15) is 16.7 Å². The van der Waals surface area contributed by atoms with Gasteiger partial charge in [0, 0.05) is 23.0 Å². The van der Waals surface area contributed by atoms with Crippen LogP contribution in [0.4, 0.5) is 5.69 Å². The number of fused-ring (bicyclic) bond motifs is 4. The highest BCUT2D eigenvalue weighted by Gasteiger charge is 2.62. The maximum atomic E-state index is 14.5. The number of rotatable bonds is 4. The maximum absolute atomic E-state index is 14.5. The fourth-order valence-corrected chi connectivity index (χ4v) is 5.08. The quantitative estimate of drug-likeness (QED) is 0.566. The summed E-state index contributed by atoms with van der Waals surface area (Å²) in [6, 6.07) is 16.5. The molecular formula is C27H25N3O5. The van der Waals surface area contributed by atoms with E-state index in [0.717, 1.165) is 11.1 Å². The Morgan fingerprint density at radius 2 is 1.83 bits per heavy atom. The Morgan fingerprint density at radius 1 is 1.11 bits per heavy atom. The molecule has 35 heavy (non-hydrogen) atoms. The SMILES string of the molecule is CCOC(=O)C1=C(N)Oc2cc(C)[nH]c(=O)c2C12C(=O)N(Cc1ccccc1C)c1ccccc12. The molecule has 2 aliphatic rings. The lowest BCUT2D eigenvalue weighted by Gasteiger charge is -2.35. The number of ether oxygens (including phenoxy) is 2. The van der Waals surface area contributed by atoms with Crippen LogP contribution in [0.1, 0.15) is 34.9 Å². The molecule has 2 aromatic carbocycles. The van der Waals surface area contributed by atoms with Gasteiger partial charge in [0.25, 0.3) is 5.56 Å². The molecule has 0 fully saturated rings. The molecule has 1 amide bonds. The molecule has 0 saturated heterocycles. The number of H-pyrrole nitrogens is 1. The van der Waals surface area contributed by atoms with Crippen molar-refractivity contribution in [2.75, 3.05) is 11.5 Å². The number of aromatic amines is 1. The van der Waals surface area contributed by atoms with Gasteiger partial charge in [0.15, 0.2) is 0 Å². The van der Waals surface area contributed by atoms with E-state index in [4.69, 9.17) is 15.2 Å². The third-order valence-corrected chi connectivity index (χ3v) is 6.58. The Labute approximate surface area is 202 Å². The molecule has 3 N–H and O–H groups in total. The summed E-state index contributed by atoms with van der Waals surface area (Å²) in [4.78, 5) is 45.6. The molecule has 8 heteroatoms. The molecule has 0 radical (unpaired) electrons. The number of hydrogen-bond donors (Lipinski definition) is 2. The van der Waals surface area contributed by atoms with E-state index in [0.29, 0.717) is 16.9 Å². The second-order valence-corrected chi connectivity index (χ2v) is 8.67. The number of amides is 1. The standard InChI is InChI=1S/C27H25N3O5/c1-4-34-25(32)22-23(28)35-20-13-16(3)29-24(31)21(20)27(22)18-11-7-8-12-19(18)30(26(27)33)14-17-10-6-5-9-15(17)2/h5-13H,4,14,28H2,1-3H3,(H,29,31). The summed E-state index contributed by atoms with van der Waals surface area (Å²) >= 11 is 0. The molecule has 2 aliphatic heterocycles. The zero-order valence-corrected chi connectivity index (χ0v) is 19.7. The van der Waals surface area contributed by atoms with E-state index in [2.05, 4.69) is 4.98 Å². The Bertz CT molecular complexity index is 1470. The molecule has 1 spiro atoms. The number of nitrogens with two attached hydrogens (primary N) is 1. The predicted octanol–water partition coefficient (Wildman–Crippen LogP) is 2.95. The number of para-hydroxylation sites is 1. The van der Waals surface area contributed by atoms with Crippen LogP contribution in [0.5, 0.6) is 5.75 Å². The zero-order chi connectivity index (χ0) is 24.9. The first-order valence-corrected chi connectivity index (χ1v) is 11.4. The minimum atomic E-state index is -1.81. The lowest BCUT2D eigenvalue weighted by molar-refractivity contribution is -0.140. The van der Waals surface area contributed by atoms with Crippen molar-refractivity contribution < 1.29 is 19.1 Å². The highest BCUT2D eigenvalue weighted by molar-refractivity contribution is 6.18. The summed E-state index contributed by atoms with van der Waals surface area (Å²) in [5.41, 5.74) is 7.32. The number of anilines is 1. The lowest BCUT2D eigenvalue weighted by Crippen LogP contribution is -2.51. The van der Waals surface area contributed by atoms with Gasteiger partial charge in [-0.2, -0.15) is 0 Å². The maximum Gasteiger partial charge on any atom is 0.341 e. The van der Waals surface area contributed by atoms with E-state index in [1.165, 1.54) is 0 Å². The number of benzene rings is 2. The molecule has 178 valence electrons. The average Bonchev–Trinajstić information content (AvgIpc) is 3.03. The topological polar surface area (TPSA) is 115 Å². The number of pyridine rings is 1. The van der Waals surface area contributed by atoms with Crippen molar-refractivity contribution in [2.24, 2.45) is 5.73 Å². The number of aryl methyl sites for hydroxylation is 2. The normalized spacial score (nSPS) is 18.4. The summed E-state index contributed by atoms with van der Waals surface area (Å²) in [5, 5.41) is 0. The molecule has 1 unspecified atom stereocenters. The predicted molar refractivity (Wildman–Crippen MR) is 130 cm³/mol. The average molecular weight is 472 g/mol.